The quantitative estimate of drug-likeness (QED) is 0.644. The summed E-state index contributed by atoms with van der Waals surface area (Å²) in [6.45, 7) is 5.08. The van der Waals surface area contributed by atoms with Gasteiger partial charge in [0.05, 0.1) is 18.9 Å². The number of fused-ring (bicyclic) bond motifs is 1. The van der Waals surface area contributed by atoms with E-state index in [1.165, 1.54) is 0 Å². The Hall–Kier alpha value is -1.16. The van der Waals surface area contributed by atoms with Crippen LogP contribution >= 0.6 is 0 Å². The molecule has 1 aromatic heterocycles. The summed E-state index contributed by atoms with van der Waals surface area (Å²) in [4.78, 5) is 10.8. The fourth-order valence-corrected chi connectivity index (χ4v) is 1.57. The summed E-state index contributed by atoms with van der Waals surface area (Å²) in [7, 11) is 0. The van der Waals surface area contributed by atoms with Crippen molar-refractivity contribution in [2.75, 3.05) is 0 Å². The smallest absolute Gasteiger partial charge is 0.168 e. The van der Waals surface area contributed by atoms with Gasteiger partial charge in [0, 0.05) is 11.6 Å². The number of ether oxygens (including phenoxy) is 1. The van der Waals surface area contributed by atoms with E-state index in [0.717, 1.165) is 17.5 Å². The zero-order valence-electron chi connectivity index (χ0n) is 7.78. The molecule has 1 aromatic rings. The Labute approximate surface area is 76.5 Å². The Bertz CT molecular complexity index is 342. The molecule has 0 bridgehead atoms. The van der Waals surface area contributed by atoms with E-state index in [4.69, 9.17) is 4.74 Å². The highest BCUT2D eigenvalue weighted by molar-refractivity contribution is 5.75. The van der Waals surface area contributed by atoms with Crippen molar-refractivity contribution in [3.8, 4) is 0 Å². The van der Waals surface area contributed by atoms with Crippen LogP contribution in [0.4, 0.5) is 0 Å². The lowest BCUT2D eigenvalue weighted by Crippen LogP contribution is -2.08. The molecule has 4 nitrogen and oxygen atoms in total. The van der Waals surface area contributed by atoms with Crippen molar-refractivity contribution in [3.63, 3.8) is 0 Å². The van der Waals surface area contributed by atoms with Crippen molar-refractivity contribution in [2.45, 2.75) is 33.1 Å². The molecule has 2 rings (SSSR count). The van der Waals surface area contributed by atoms with Gasteiger partial charge in [-0.15, -0.1) is 0 Å². The summed E-state index contributed by atoms with van der Waals surface area (Å²) in [5.74, 6) is 0. The molecule has 1 aliphatic heterocycles. The molecule has 0 atom stereocenters. The fraction of sp³-hybridized carbons (Fsp3) is 0.556. The van der Waals surface area contributed by atoms with Crippen LogP contribution in [0.5, 0.6) is 0 Å². The van der Waals surface area contributed by atoms with Crippen LogP contribution in [-0.2, 0) is 18.0 Å². The van der Waals surface area contributed by atoms with Gasteiger partial charge in [-0.2, -0.15) is 5.10 Å². The van der Waals surface area contributed by atoms with Crippen LogP contribution in [-0.4, -0.2) is 16.1 Å². The molecule has 0 amide bonds. The third-order valence-corrected chi connectivity index (χ3v) is 2.22. The lowest BCUT2D eigenvalue weighted by Gasteiger charge is -2.07. The van der Waals surface area contributed by atoms with Gasteiger partial charge in [-0.3, -0.25) is 9.48 Å². The lowest BCUT2D eigenvalue weighted by molar-refractivity contribution is 0.109. The minimum absolute atomic E-state index is 0.228. The molecule has 1 aliphatic rings. The van der Waals surface area contributed by atoms with E-state index in [2.05, 4.69) is 5.10 Å². The van der Waals surface area contributed by atoms with Gasteiger partial charge in [0.25, 0.3) is 0 Å². The van der Waals surface area contributed by atoms with Crippen molar-refractivity contribution in [3.05, 3.63) is 17.0 Å². The van der Waals surface area contributed by atoms with Gasteiger partial charge in [-0.05, 0) is 13.8 Å². The summed E-state index contributed by atoms with van der Waals surface area (Å²) in [5.41, 5.74) is 2.54. The third kappa shape index (κ3) is 1.18. The van der Waals surface area contributed by atoms with Gasteiger partial charge < -0.3 is 4.74 Å². The summed E-state index contributed by atoms with van der Waals surface area (Å²) < 4.78 is 6.96. The normalized spacial score (nSPS) is 15.0. The number of carbonyl (C=O) groups is 1. The highest BCUT2D eigenvalue weighted by atomic mass is 16.5. The molecule has 0 aliphatic carbocycles. The molecule has 0 saturated carbocycles. The lowest BCUT2D eigenvalue weighted by atomic mass is 10.2. The maximum Gasteiger partial charge on any atom is 0.168 e. The Kier molecular flexibility index (Phi) is 1.92. The molecule has 0 spiro atoms. The standard InChI is InChI=1S/C9H12N2O2/c1-6(2)11-9(3-12)7-4-13-5-8(7)10-11/h3,6H,4-5H2,1-2H3. The van der Waals surface area contributed by atoms with E-state index in [1.807, 2.05) is 13.8 Å². The van der Waals surface area contributed by atoms with E-state index in [9.17, 15) is 4.79 Å². The molecule has 0 saturated heterocycles. The minimum Gasteiger partial charge on any atom is -0.370 e. The number of hydrogen-bond acceptors (Lipinski definition) is 3. The molecular formula is C9H12N2O2. The summed E-state index contributed by atoms with van der Waals surface area (Å²) in [6, 6.07) is 0.228. The van der Waals surface area contributed by atoms with E-state index >= 15 is 0 Å². The van der Waals surface area contributed by atoms with Gasteiger partial charge in [0.1, 0.15) is 5.69 Å². The van der Waals surface area contributed by atoms with Gasteiger partial charge in [-0.1, -0.05) is 0 Å². The first-order valence-electron chi connectivity index (χ1n) is 4.37. The van der Waals surface area contributed by atoms with Gasteiger partial charge in [0.15, 0.2) is 6.29 Å². The van der Waals surface area contributed by atoms with Crippen molar-refractivity contribution in [1.29, 1.82) is 0 Å². The first-order chi connectivity index (χ1) is 6.24. The average molecular weight is 180 g/mol. The number of rotatable bonds is 2. The minimum atomic E-state index is 0.228. The summed E-state index contributed by atoms with van der Waals surface area (Å²) in [5, 5.41) is 4.32. The summed E-state index contributed by atoms with van der Waals surface area (Å²) in [6.07, 6.45) is 0.862. The summed E-state index contributed by atoms with van der Waals surface area (Å²) >= 11 is 0. The van der Waals surface area contributed by atoms with Crippen molar-refractivity contribution < 1.29 is 9.53 Å². The molecule has 0 radical (unpaired) electrons. The van der Waals surface area contributed by atoms with E-state index in [1.54, 1.807) is 4.68 Å². The molecule has 0 fully saturated rings. The van der Waals surface area contributed by atoms with Crippen LogP contribution in [0.25, 0.3) is 0 Å². The molecular weight excluding hydrogens is 168 g/mol. The molecule has 4 heteroatoms. The predicted molar refractivity (Wildman–Crippen MR) is 46.5 cm³/mol. The highest BCUT2D eigenvalue weighted by Crippen LogP contribution is 2.23. The number of nitrogens with zero attached hydrogens (tertiary/aromatic N) is 2. The zero-order valence-corrected chi connectivity index (χ0v) is 7.78. The average Bonchev–Trinajstić information content (AvgIpc) is 2.60. The van der Waals surface area contributed by atoms with Crippen molar-refractivity contribution >= 4 is 6.29 Å². The molecule has 0 N–H and O–H groups in total. The van der Waals surface area contributed by atoms with Crippen LogP contribution < -0.4 is 0 Å². The Morgan fingerprint density at radius 1 is 1.54 bits per heavy atom. The Morgan fingerprint density at radius 2 is 2.31 bits per heavy atom. The van der Waals surface area contributed by atoms with Crippen LogP contribution in [0.3, 0.4) is 0 Å². The Morgan fingerprint density at radius 3 is 2.92 bits per heavy atom. The molecule has 70 valence electrons. The number of hydrogen-bond donors (Lipinski definition) is 0. The Balaban J connectivity index is 2.53. The number of aldehydes is 1. The highest BCUT2D eigenvalue weighted by Gasteiger charge is 2.23. The van der Waals surface area contributed by atoms with Gasteiger partial charge >= 0.3 is 0 Å². The second-order valence-corrected chi connectivity index (χ2v) is 3.46. The van der Waals surface area contributed by atoms with E-state index in [-0.39, 0.29) is 6.04 Å². The maximum atomic E-state index is 10.8. The predicted octanol–water partition coefficient (Wildman–Crippen LogP) is 1.31. The van der Waals surface area contributed by atoms with Crippen LogP contribution in [0.2, 0.25) is 0 Å². The second-order valence-electron chi connectivity index (χ2n) is 3.46. The zero-order chi connectivity index (χ0) is 9.42. The van der Waals surface area contributed by atoms with Crippen molar-refractivity contribution in [1.82, 2.24) is 9.78 Å². The van der Waals surface area contributed by atoms with E-state index in [0.29, 0.717) is 18.9 Å². The molecule has 0 aromatic carbocycles. The number of aromatic nitrogens is 2. The number of carbonyl (C=O) groups excluding carboxylic acids is 1. The first-order valence-corrected chi connectivity index (χ1v) is 4.37. The van der Waals surface area contributed by atoms with Gasteiger partial charge in [-0.25, -0.2) is 0 Å². The van der Waals surface area contributed by atoms with E-state index < -0.39 is 0 Å². The molecule has 13 heavy (non-hydrogen) atoms. The molecule has 0 unspecified atom stereocenters. The van der Waals surface area contributed by atoms with Crippen LogP contribution in [0.1, 0.15) is 41.6 Å². The second kappa shape index (κ2) is 2.96. The molecule has 2 heterocycles. The largest absolute Gasteiger partial charge is 0.370 e. The van der Waals surface area contributed by atoms with Crippen molar-refractivity contribution in [2.24, 2.45) is 0 Å². The van der Waals surface area contributed by atoms with Crippen LogP contribution in [0, 0.1) is 0 Å². The third-order valence-electron chi connectivity index (χ3n) is 2.22. The monoisotopic (exact) mass is 180 g/mol. The van der Waals surface area contributed by atoms with Crippen LogP contribution in [0.15, 0.2) is 0 Å². The topological polar surface area (TPSA) is 44.1 Å². The fourth-order valence-electron chi connectivity index (χ4n) is 1.57. The SMILES string of the molecule is CC(C)n1nc2c(c1C=O)COC2. The maximum absolute atomic E-state index is 10.8. The van der Waals surface area contributed by atoms with Gasteiger partial charge in [0.2, 0.25) is 0 Å². The first kappa shape index (κ1) is 8.44.